The molecule has 0 spiro atoms. The van der Waals surface area contributed by atoms with Crippen LogP contribution in [0.4, 0.5) is 0 Å². The van der Waals surface area contributed by atoms with Gasteiger partial charge in [-0.1, -0.05) is 140 Å². The minimum absolute atomic E-state index is 0.0639. The monoisotopic (exact) mass is 474 g/mol. The number of unbranched alkanes of at least 4 members (excludes halogenated alkanes) is 16. The van der Waals surface area contributed by atoms with E-state index in [0.717, 1.165) is 18.7 Å². The summed E-state index contributed by atoms with van der Waals surface area (Å²) in [6, 6.07) is 10.3. The van der Waals surface area contributed by atoms with Crippen LogP contribution in [-0.2, 0) is 4.79 Å². The van der Waals surface area contributed by atoms with Crippen LogP contribution in [0.3, 0.4) is 0 Å². The molecule has 188 valence electrons. The van der Waals surface area contributed by atoms with Gasteiger partial charge in [0.1, 0.15) is 0 Å². The third-order valence-corrected chi connectivity index (χ3v) is 8.05. The minimum atomic E-state index is -0.0639. The van der Waals surface area contributed by atoms with Crippen LogP contribution in [0.2, 0.25) is 0 Å². The molecular formula is C29H50N2OS. The van der Waals surface area contributed by atoms with Gasteiger partial charge in [0.15, 0.2) is 0 Å². The number of nitrogens with one attached hydrogen (secondary N) is 2. The molecular weight excluding hydrogens is 424 g/mol. The quantitative estimate of drug-likeness (QED) is 0.187. The van der Waals surface area contributed by atoms with E-state index in [2.05, 4.69) is 41.8 Å². The Balaban J connectivity index is 1.31. The van der Waals surface area contributed by atoms with Crippen molar-refractivity contribution in [3.05, 3.63) is 35.9 Å². The first-order chi connectivity index (χ1) is 16.3. The third kappa shape index (κ3) is 13.5. The number of hydrogen-bond donors (Lipinski definition) is 2. The highest BCUT2D eigenvalue weighted by Crippen LogP contribution is 2.32. The van der Waals surface area contributed by atoms with Gasteiger partial charge in [0.05, 0.1) is 11.4 Å². The Labute approximate surface area is 208 Å². The van der Waals surface area contributed by atoms with Gasteiger partial charge in [-0.05, 0) is 12.0 Å². The van der Waals surface area contributed by atoms with Crippen LogP contribution >= 0.6 is 11.8 Å². The lowest BCUT2D eigenvalue weighted by atomic mass is 10.0. The van der Waals surface area contributed by atoms with Gasteiger partial charge in [-0.3, -0.25) is 10.1 Å². The molecule has 1 unspecified atom stereocenters. The van der Waals surface area contributed by atoms with Crippen molar-refractivity contribution in [3.8, 4) is 0 Å². The van der Waals surface area contributed by atoms with Crippen molar-refractivity contribution in [1.82, 2.24) is 10.6 Å². The zero-order chi connectivity index (χ0) is 23.4. The molecule has 1 amide bonds. The van der Waals surface area contributed by atoms with E-state index in [1.807, 2.05) is 17.8 Å². The molecule has 1 fully saturated rings. The lowest BCUT2D eigenvalue weighted by Crippen LogP contribution is -2.42. The second kappa shape index (κ2) is 19.3. The van der Waals surface area contributed by atoms with E-state index in [1.54, 1.807) is 0 Å². The normalized spacial score (nSPS) is 18.0. The van der Waals surface area contributed by atoms with Gasteiger partial charge in [0.2, 0.25) is 5.91 Å². The first-order valence-electron chi connectivity index (χ1n) is 14.0. The standard InChI is InChI=1S/C29H50N2OS/c1-2-3-4-5-6-7-8-9-10-11-12-13-14-15-16-17-21-24-30-28(32)27-25-33-29(31-27)26-22-19-18-20-23-26/h18-20,22-23,27,29,31H,2-17,21,24-25H2,1H3,(H,30,32)/t27-,29?/m0/s1. The van der Waals surface area contributed by atoms with Crippen molar-refractivity contribution in [1.29, 1.82) is 0 Å². The van der Waals surface area contributed by atoms with E-state index < -0.39 is 0 Å². The van der Waals surface area contributed by atoms with Crippen LogP contribution in [0.25, 0.3) is 0 Å². The molecule has 0 saturated carbocycles. The zero-order valence-corrected chi connectivity index (χ0v) is 22.1. The molecule has 1 saturated heterocycles. The van der Waals surface area contributed by atoms with Crippen molar-refractivity contribution in [2.24, 2.45) is 0 Å². The number of thioether (sulfide) groups is 1. The Hall–Kier alpha value is -1.00. The van der Waals surface area contributed by atoms with Gasteiger partial charge in [0, 0.05) is 12.3 Å². The summed E-state index contributed by atoms with van der Waals surface area (Å²) in [7, 11) is 0. The highest BCUT2D eigenvalue weighted by atomic mass is 32.2. The number of amides is 1. The maximum absolute atomic E-state index is 12.4. The largest absolute Gasteiger partial charge is 0.355 e. The molecule has 1 aromatic rings. The van der Waals surface area contributed by atoms with E-state index in [9.17, 15) is 4.79 Å². The fourth-order valence-electron chi connectivity index (χ4n) is 4.63. The van der Waals surface area contributed by atoms with Crippen LogP contribution in [-0.4, -0.2) is 24.2 Å². The van der Waals surface area contributed by atoms with Gasteiger partial charge >= 0.3 is 0 Å². The number of benzene rings is 1. The SMILES string of the molecule is CCCCCCCCCCCCCCCCCCCNC(=O)[C@@H]1CSC(c2ccccc2)N1. The van der Waals surface area contributed by atoms with Crippen LogP contribution in [0.15, 0.2) is 30.3 Å². The topological polar surface area (TPSA) is 41.1 Å². The third-order valence-electron chi connectivity index (χ3n) is 6.78. The number of carbonyl (C=O) groups excluding carboxylic acids is 1. The summed E-state index contributed by atoms with van der Waals surface area (Å²) in [6.07, 6.45) is 23.5. The first kappa shape index (κ1) is 28.2. The molecule has 1 aromatic carbocycles. The Morgan fingerprint density at radius 1 is 0.788 bits per heavy atom. The second-order valence-electron chi connectivity index (χ2n) is 9.79. The van der Waals surface area contributed by atoms with Crippen LogP contribution in [0.5, 0.6) is 0 Å². The van der Waals surface area contributed by atoms with Gasteiger partial charge in [-0.15, -0.1) is 11.8 Å². The van der Waals surface area contributed by atoms with E-state index in [-0.39, 0.29) is 17.3 Å². The van der Waals surface area contributed by atoms with E-state index in [0.29, 0.717) is 0 Å². The number of carbonyl (C=O) groups is 1. The molecule has 33 heavy (non-hydrogen) atoms. The second-order valence-corrected chi connectivity index (χ2v) is 10.9. The molecule has 0 aromatic heterocycles. The molecule has 2 atom stereocenters. The van der Waals surface area contributed by atoms with Gasteiger partial charge in [0.25, 0.3) is 0 Å². The van der Waals surface area contributed by atoms with Gasteiger partial charge < -0.3 is 5.32 Å². The van der Waals surface area contributed by atoms with Crippen LogP contribution in [0, 0.1) is 0 Å². The summed E-state index contributed by atoms with van der Waals surface area (Å²) in [5.41, 5.74) is 1.26. The van der Waals surface area contributed by atoms with Crippen LogP contribution in [0.1, 0.15) is 127 Å². The predicted octanol–water partition coefficient (Wildman–Crippen LogP) is 8.16. The average Bonchev–Trinajstić information content (AvgIpc) is 3.34. The lowest BCUT2D eigenvalue weighted by Gasteiger charge is -2.13. The van der Waals surface area contributed by atoms with E-state index >= 15 is 0 Å². The lowest BCUT2D eigenvalue weighted by molar-refractivity contribution is -0.122. The van der Waals surface area contributed by atoms with Crippen molar-refractivity contribution in [2.75, 3.05) is 12.3 Å². The fraction of sp³-hybridized carbons (Fsp3) is 0.759. The Bertz CT molecular complexity index is 595. The van der Waals surface area contributed by atoms with Gasteiger partial charge in [-0.25, -0.2) is 0 Å². The molecule has 3 nitrogen and oxygen atoms in total. The molecule has 0 bridgehead atoms. The fourth-order valence-corrected chi connectivity index (χ4v) is 5.87. The average molecular weight is 475 g/mol. The minimum Gasteiger partial charge on any atom is -0.355 e. The Morgan fingerprint density at radius 3 is 1.79 bits per heavy atom. The maximum atomic E-state index is 12.4. The van der Waals surface area contributed by atoms with Crippen molar-refractivity contribution < 1.29 is 4.79 Å². The molecule has 1 aliphatic heterocycles. The highest BCUT2D eigenvalue weighted by molar-refractivity contribution is 7.99. The van der Waals surface area contributed by atoms with Crippen molar-refractivity contribution in [3.63, 3.8) is 0 Å². The highest BCUT2D eigenvalue weighted by Gasteiger charge is 2.30. The summed E-state index contributed by atoms with van der Waals surface area (Å²) in [6.45, 7) is 3.11. The summed E-state index contributed by atoms with van der Waals surface area (Å²) in [5, 5.41) is 6.84. The first-order valence-corrected chi connectivity index (χ1v) is 15.1. The summed E-state index contributed by atoms with van der Waals surface area (Å²) in [4.78, 5) is 12.4. The smallest absolute Gasteiger partial charge is 0.238 e. The number of hydrogen-bond acceptors (Lipinski definition) is 3. The molecule has 1 aliphatic rings. The summed E-state index contributed by atoms with van der Waals surface area (Å²) >= 11 is 1.83. The van der Waals surface area contributed by atoms with Gasteiger partial charge in [-0.2, -0.15) is 0 Å². The van der Waals surface area contributed by atoms with E-state index in [1.165, 1.54) is 108 Å². The van der Waals surface area contributed by atoms with Crippen LogP contribution < -0.4 is 10.6 Å². The van der Waals surface area contributed by atoms with Crippen molar-refractivity contribution in [2.45, 2.75) is 127 Å². The maximum Gasteiger partial charge on any atom is 0.238 e. The van der Waals surface area contributed by atoms with Crippen molar-refractivity contribution >= 4 is 17.7 Å². The van der Waals surface area contributed by atoms with E-state index in [4.69, 9.17) is 0 Å². The Morgan fingerprint density at radius 2 is 1.27 bits per heavy atom. The molecule has 4 heteroatoms. The molecule has 2 N–H and O–H groups in total. The predicted molar refractivity (Wildman–Crippen MR) is 146 cm³/mol. The summed E-state index contributed by atoms with van der Waals surface area (Å²) < 4.78 is 0. The summed E-state index contributed by atoms with van der Waals surface area (Å²) in [5.74, 6) is 1.02. The number of rotatable bonds is 20. The Kier molecular flexibility index (Phi) is 16.5. The molecule has 2 rings (SSSR count). The molecule has 0 aliphatic carbocycles. The molecule has 0 radical (unpaired) electrons. The molecule has 1 heterocycles. The zero-order valence-electron chi connectivity index (χ0n) is 21.3.